The number of carbonyl (C=O) groups is 1. The first-order chi connectivity index (χ1) is 15.9. The van der Waals surface area contributed by atoms with Gasteiger partial charge in [0, 0.05) is 24.3 Å². The zero-order valence-electron chi connectivity index (χ0n) is 19.3. The zero-order valence-corrected chi connectivity index (χ0v) is 20.9. The maximum atomic E-state index is 11.9. The number of H-pyrrole nitrogens is 1. The minimum absolute atomic E-state index is 0.000633. The summed E-state index contributed by atoms with van der Waals surface area (Å²) >= 11 is 3.64. The number of aromatic nitrogens is 3. The highest BCUT2D eigenvalue weighted by atomic mass is 79.9. The molecule has 1 amide bonds. The highest BCUT2D eigenvalue weighted by Crippen LogP contribution is 2.32. The van der Waals surface area contributed by atoms with Crippen LogP contribution in [0.4, 0.5) is 5.69 Å². The molecule has 0 atom stereocenters. The molecule has 4 rings (SSSR count). The molecule has 0 unspecified atom stereocenters. The summed E-state index contributed by atoms with van der Waals surface area (Å²) in [7, 11) is 2.16. The second-order valence-corrected chi connectivity index (χ2v) is 9.85. The molecule has 1 aliphatic rings. The van der Waals surface area contributed by atoms with E-state index in [2.05, 4.69) is 62.3 Å². The van der Waals surface area contributed by atoms with Gasteiger partial charge in [0.15, 0.2) is 12.3 Å². The topological polar surface area (TPSA) is 95.2 Å². The summed E-state index contributed by atoms with van der Waals surface area (Å²) in [5.41, 5.74) is 3.46. The summed E-state index contributed by atoms with van der Waals surface area (Å²) in [6.07, 6.45) is 4.00. The van der Waals surface area contributed by atoms with E-state index >= 15 is 0 Å². The Morgan fingerprint density at radius 2 is 2.00 bits per heavy atom. The van der Waals surface area contributed by atoms with Gasteiger partial charge in [-0.25, -0.2) is 9.97 Å². The molecule has 1 aliphatic heterocycles. The number of rotatable bonds is 8. The van der Waals surface area contributed by atoms with Crippen LogP contribution in [0.5, 0.6) is 5.75 Å². The molecule has 0 bridgehead atoms. The van der Waals surface area contributed by atoms with Crippen LogP contribution in [0.25, 0.3) is 22.6 Å². The molecular formula is C24H31BrN6O2. The first-order valence-electron chi connectivity index (χ1n) is 11.4. The van der Waals surface area contributed by atoms with E-state index in [9.17, 15) is 4.79 Å². The molecule has 1 aromatic carbocycles. The van der Waals surface area contributed by atoms with Gasteiger partial charge in [-0.1, -0.05) is 13.8 Å². The number of halogens is 1. The molecule has 9 heteroatoms. The van der Waals surface area contributed by atoms with E-state index in [4.69, 9.17) is 9.72 Å². The average Bonchev–Trinajstić information content (AvgIpc) is 3.24. The number of hydrogen-bond acceptors (Lipinski definition) is 6. The zero-order chi connectivity index (χ0) is 23.4. The van der Waals surface area contributed by atoms with Crippen LogP contribution in [-0.2, 0) is 4.79 Å². The van der Waals surface area contributed by atoms with E-state index in [0.717, 1.165) is 58.6 Å². The van der Waals surface area contributed by atoms with Crippen molar-refractivity contribution >= 4 is 38.7 Å². The molecule has 0 aliphatic carbocycles. The number of pyridine rings is 1. The summed E-state index contributed by atoms with van der Waals surface area (Å²) in [5.74, 6) is 1.67. The van der Waals surface area contributed by atoms with Crippen molar-refractivity contribution in [3.63, 3.8) is 0 Å². The molecule has 33 heavy (non-hydrogen) atoms. The van der Waals surface area contributed by atoms with Crippen LogP contribution < -0.4 is 15.4 Å². The van der Waals surface area contributed by atoms with Crippen LogP contribution >= 0.6 is 15.9 Å². The van der Waals surface area contributed by atoms with Crippen molar-refractivity contribution in [3.05, 3.63) is 34.9 Å². The first-order valence-corrected chi connectivity index (χ1v) is 12.2. The monoisotopic (exact) mass is 514 g/mol. The highest BCUT2D eigenvalue weighted by Gasteiger charge is 2.20. The molecule has 8 nitrogen and oxygen atoms in total. The van der Waals surface area contributed by atoms with Gasteiger partial charge in [0.1, 0.15) is 17.1 Å². The summed E-state index contributed by atoms with van der Waals surface area (Å²) in [6, 6.07) is 7.96. The smallest absolute Gasteiger partial charge is 0.257 e. The van der Waals surface area contributed by atoms with Crippen molar-refractivity contribution in [2.45, 2.75) is 32.7 Å². The molecule has 0 saturated carbocycles. The van der Waals surface area contributed by atoms with E-state index < -0.39 is 0 Å². The number of hydrogen-bond donors (Lipinski definition) is 3. The number of nitrogens with one attached hydrogen (secondary N) is 3. The number of benzene rings is 1. The van der Waals surface area contributed by atoms with E-state index in [0.29, 0.717) is 24.3 Å². The van der Waals surface area contributed by atoms with Crippen LogP contribution in [0.15, 0.2) is 34.9 Å². The molecule has 1 saturated heterocycles. The van der Waals surface area contributed by atoms with Crippen LogP contribution in [0.3, 0.4) is 0 Å². The van der Waals surface area contributed by atoms with Crippen LogP contribution in [0.1, 0.15) is 26.7 Å². The van der Waals surface area contributed by atoms with Crippen molar-refractivity contribution < 1.29 is 9.53 Å². The van der Waals surface area contributed by atoms with E-state index in [1.165, 1.54) is 0 Å². The number of imidazole rings is 1. The minimum atomic E-state index is -0.119. The molecule has 176 valence electrons. The Labute approximate surface area is 202 Å². The average molecular weight is 515 g/mol. The van der Waals surface area contributed by atoms with Crippen LogP contribution in [0.2, 0.25) is 0 Å². The maximum Gasteiger partial charge on any atom is 0.257 e. The fourth-order valence-corrected chi connectivity index (χ4v) is 4.19. The second-order valence-electron chi connectivity index (χ2n) is 9.00. The Morgan fingerprint density at radius 3 is 2.70 bits per heavy atom. The highest BCUT2D eigenvalue weighted by molar-refractivity contribution is 9.10. The lowest BCUT2D eigenvalue weighted by Crippen LogP contribution is -2.36. The summed E-state index contributed by atoms with van der Waals surface area (Å²) in [6.45, 7) is 6.93. The van der Waals surface area contributed by atoms with Crippen molar-refractivity contribution in [1.82, 2.24) is 25.2 Å². The lowest BCUT2D eigenvalue weighted by molar-refractivity contribution is -0.123. The molecule has 0 radical (unpaired) electrons. The molecule has 3 N–H and O–H groups in total. The lowest BCUT2D eigenvalue weighted by atomic mass is 10.1. The summed E-state index contributed by atoms with van der Waals surface area (Å²) in [4.78, 5) is 26.9. The van der Waals surface area contributed by atoms with Crippen molar-refractivity contribution in [2.24, 2.45) is 5.92 Å². The normalized spacial score (nSPS) is 15.2. The van der Waals surface area contributed by atoms with Gasteiger partial charge in [0.2, 0.25) is 0 Å². The Kier molecular flexibility index (Phi) is 7.49. The second kappa shape index (κ2) is 10.5. The van der Waals surface area contributed by atoms with Gasteiger partial charge in [-0.3, -0.25) is 4.79 Å². The largest absolute Gasteiger partial charge is 0.484 e. The van der Waals surface area contributed by atoms with Gasteiger partial charge in [-0.15, -0.1) is 0 Å². The Balaban J connectivity index is 1.45. The Bertz CT molecular complexity index is 1090. The van der Waals surface area contributed by atoms with Gasteiger partial charge in [0.25, 0.3) is 5.91 Å². The van der Waals surface area contributed by atoms with Crippen LogP contribution in [0, 0.1) is 5.92 Å². The fraction of sp³-hybridized carbons (Fsp3) is 0.458. The molecule has 1 fully saturated rings. The van der Waals surface area contributed by atoms with Crippen molar-refractivity contribution in [1.29, 1.82) is 0 Å². The standard InChI is InChI=1S/C24H31BrN6O2/c1-15(2)12-26-20(32)14-33-18-6-4-16(5-7-18)23-29-22-21(19(25)13-27-24(22)30-23)28-17-8-10-31(3)11-9-17/h4-7,13,15,17H,8-12,14H2,1-3H3,(H,26,32)(H2,27,28,29,30). The third-order valence-corrected chi connectivity index (χ3v) is 6.34. The number of anilines is 1. The number of carbonyl (C=O) groups excluding carboxylic acids is 1. The van der Waals surface area contributed by atoms with E-state index in [-0.39, 0.29) is 12.5 Å². The Hall–Kier alpha value is -2.65. The molecule has 3 aromatic rings. The first kappa shape index (κ1) is 23.5. The van der Waals surface area contributed by atoms with Gasteiger partial charge in [0.05, 0.1) is 10.2 Å². The fourth-order valence-electron chi connectivity index (χ4n) is 3.79. The summed E-state index contributed by atoms with van der Waals surface area (Å²) < 4.78 is 6.51. The SMILES string of the molecule is CC(C)CNC(=O)COc1ccc(-c2nc3c(NC4CCN(C)CC4)c(Br)cnc3[nH]2)cc1. The predicted molar refractivity (Wildman–Crippen MR) is 135 cm³/mol. The summed E-state index contributed by atoms with van der Waals surface area (Å²) in [5, 5.41) is 6.52. The number of fused-ring (bicyclic) bond motifs is 1. The third-order valence-electron chi connectivity index (χ3n) is 5.74. The number of aromatic amines is 1. The van der Waals surface area contributed by atoms with Gasteiger partial charge in [-0.05, 0) is 79.1 Å². The van der Waals surface area contributed by atoms with Gasteiger partial charge in [-0.2, -0.15) is 0 Å². The lowest BCUT2D eigenvalue weighted by Gasteiger charge is -2.30. The number of piperidine rings is 1. The Morgan fingerprint density at radius 1 is 1.27 bits per heavy atom. The van der Waals surface area contributed by atoms with Gasteiger partial charge < -0.3 is 25.3 Å². The van der Waals surface area contributed by atoms with Crippen LogP contribution in [-0.4, -0.2) is 65.1 Å². The third kappa shape index (κ3) is 6.03. The molecule has 3 heterocycles. The maximum absolute atomic E-state index is 11.9. The van der Waals surface area contributed by atoms with E-state index in [1.807, 2.05) is 30.5 Å². The number of likely N-dealkylation sites (tertiary alicyclic amines) is 1. The molecule has 2 aromatic heterocycles. The van der Waals surface area contributed by atoms with Crippen molar-refractivity contribution in [2.75, 3.05) is 38.6 Å². The molecular weight excluding hydrogens is 484 g/mol. The van der Waals surface area contributed by atoms with Crippen molar-refractivity contribution in [3.8, 4) is 17.1 Å². The quantitative estimate of drug-likeness (QED) is 0.419. The minimum Gasteiger partial charge on any atom is -0.484 e. The number of nitrogens with zero attached hydrogens (tertiary/aromatic N) is 3. The predicted octanol–water partition coefficient (Wildman–Crippen LogP) is 4.04. The molecule has 0 spiro atoms. The van der Waals surface area contributed by atoms with Gasteiger partial charge >= 0.3 is 0 Å². The van der Waals surface area contributed by atoms with E-state index in [1.54, 1.807) is 0 Å². The number of ether oxygens (including phenoxy) is 1. The number of amides is 1.